The maximum atomic E-state index is 13.0. The molecule has 0 saturated carbocycles. The quantitative estimate of drug-likeness (QED) is 0.264. The van der Waals surface area contributed by atoms with Crippen LogP contribution in [0, 0.1) is 17.0 Å². The number of nitrogens with one attached hydrogen (secondary N) is 1. The fraction of sp³-hybridized carbons (Fsp3) is 0.625. The number of ether oxygens (including phenoxy) is 3. The second kappa shape index (κ2) is 12.0. The minimum atomic E-state index is -1.01. The van der Waals surface area contributed by atoms with Gasteiger partial charge in [-0.1, -0.05) is 13.3 Å². The smallest absolute Gasteiger partial charge is 0.427 e. The van der Waals surface area contributed by atoms with E-state index in [0.29, 0.717) is 17.1 Å². The van der Waals surface area contributed by atoms with Gasteiger partial charge in [0.25, 0.3) is 0 Å². The minimum absolute atomic E-state index is 0.128. The molecule has 0 atom stereocenters. The Labute approximate surface area is 221 Å². The first kappa shape index (κ1) is 30.3. The zero-order valence-corrected chi connectivity index (χ0v) is 23.4. The predicted octanol–water partition coefficient (Wildman–Crippen LogP) is 4.89. The molecule has 2 aromatic heterocycles. The molecule has 14 nitrogen and oxygen atoms in total. The first-order valence-corrected chi connectivity index (χ1v) is 12.2. The highest BCUT2D eigenvalue weighted by molar-refractivity contribution is 6.08. The molecule has 0 aromatic carbocycles. The van der Waals surface area contributed by atoms with Gasteiger partial charge < -0.3 is 19.5 Å². The molecule has 2 rings (SSSR count). The topological polar surface area (TPSA) is 164 Å². The summed E-state index contributed by atoms with van der Waals surface area (Å²) < 4.78 is 18.0. The van der Waals surface area contributed by atoms with Gasteiger partial charge in [-0.15, -0.1) is 4.90 Å². The number of imide groups is 1. The maximum absolute atomic E-state index is 13.0. The van der Waals surface area contributed by atoms with Gasteiger partial charge in [-0.05, 0) is 54.9 Å². The number of nitrogens with zero attached hydrogens (tertiary/aromatic N) is 6. The van der Waals surface area contributed by atoms with Gasteiger partial charge in [0.2, 0.25) is 5.95 Å². The third-order valence-corrected chi connectivity index (χ3v) is 4.84. The average molecular weight is 536 g/mol. The van der Waals surface area contributed by atoms with E-state index in [4.69, 9.17) is 14.2 Å². The first-order chi connectivity index (χ1) is 17.5. The van der Waals surface area contributed by atoms with Crippen LogP contribution in [0.3, 0.4) is 0 Å². The third kappa shape index (κ3) is 8.28. The number of rotatable bonds is 9. The fourth-order valence-electron chi connectivity index (χ4n) is 3.08. The summed E-state index contributed by atoms with van der Waals surface area (Å²) >= 11 is 0. The summed E-state index contributed by atoms with van der Waals surface area (Å²) in [4.78, 5) is 46.1. The van der Waals surface area contributed by atoms with Crippen LogP contribution in [0.25, 0.3) is 0 Å². The van der Waals surface area contributed by atoms with Gasteiger partial charge in [-0.25, -0.2) is 14.6 Å². The second-order valence-corrected chi connectivity index (χ2v) is 10.5. The molecule has 0 unspecified atom stereocenters. The van der Waals surface area contributed by atoms with E-state index < -0.39 is 28.3 Å². The van der Waals surface area contributed by atoms with Crippen LogP contribution in [-0.4, -0.2) is 54.6 Å². The molecule has 0 saturated heterocycles. The van der Waals surface area contributed by atoms with Gasteiger partial charge in [0.1, 0.15) is 23.5 Å². The van der Waals surface area contributed by atoms with Crippen molar-refractivity contribution in [3.63, 3.8) is 0 Å². The highest BCUT2D eigenvalue weighted by Crippen LogP contribution is 2.29. The highest BCUT2D eigenvalue weighted by atomic mass is 16.6. The standard InChI is InChI=1S/C24H37N7O7/c1-10-11-12-25-19-17(36-14-16-18(31(34)35)15(2)29(9)28-16)13-26-20(27-19)30(21(32)37-23(3,4)5)22(33)38-24(6,7)8/h13H,10-12,14H2,1-9H3,(H,25,26,27). The van der Waals surface area contributed by atoms with E-state index in [1.54, 1.807) is 55.5 Å². The Hall–Kier alpha value is -3.97. The van der Waals surface area contributed by atoms with Crippen LogP contribution in [0.15, 0.2) is 6.20 Å². The molecule has 1 N–H and O–H groups in total. The van der Waals surface area contributed by atoms with Crippen LogP contribution in [0.1, 0.15) is 72.7 Å². The molecule has 0 spiro atoms. The Morgan fingerprint density at radius 1 is 1.13 bits per heavy atom. The van der Waals surface area contributed by atoms with Crippen LogP contribution >= 0.6 is 0 Å². The normalized spacial score (nSPS) is 11.6. The van der Waals surface area contributed by atoms with Crippen molar-refractivity contribution < 1.29 is 28.7 Å². The van der Waals surface area contributed by atoms with Crippen molar-refractivity contribution in [3.05, 3.63) is 27.7 Å². The first-order valence-electron chi connectivity index (χ1n) is 12.2. The lowest BCUT2D eigenvalue weighted by atomic mass is 10.2. The number of hydrogen-bond donors (Lipinski definition) is 1. The lowest BCUT2D eigenvalue weighted by molar-refractivity contribution is -0.386. The van der Waals surface area contributed by atoms with E-state index in [1.165, 1.54) is 10.9 Å². The van der Waals surface area contributed by atoms with Crippen molar-refractivity contribution in [2.24, 2.45) is 7.05 Å². The van der Waals surface area contributed by atoms with Crippen molar-refractivity contribution in [1.29, 1.82) is 0 Å². The van der Waals surface area contributed by atoms with Gasteiger partial charge in [0, 0.05) is 13.6 Å². The Balaban J connectivity index is 2.47. The van der Waals surface area contributed by atoms with Crippen molar-refractivity contribution >= 4 is 29.6 Å². The van der Waals surface area contributed by atoms with Gasteiger partial charge in [-0.3, -0.25) is 14.8 Å². The lowest BCUT2D eigenvalue weighted by Gasteiger charge is -2.27. The van der Waals surface area contributed by atoms with E-state index in [0.717, 1.165) is 12.8 Å². The van der Waals surface area contributed by atoms with Crippen molar-refractivity contribution in [2.75, 3.05) is 16.8 Å². The summed E-state index contributed by atoms with van der Waals surface area (Å²) in [6.45, 7) is 13.8. The lowest BCUT2D eigenvalue weighted by Crippen LogP contribution is -2.44. The van der Waals surface area contributed by atoms with Crippen molar-refractivity contribution in [1.82, 2.24) is 19.7 Å². The molecule has 0 aliphatic carbocycles. The Bertz CT molecular complexity index is 1140. The number of unbranched alkanes of at least 4 members (excludes halogenated alkanes) is 1. The van der Waals surface area contributed by atoms with Crippen molar-refractivity contribution in [2.45, 2.75) is 86.0 Å². The van der Waals surface area contributed by atoms with E-state index in [9.17, 15) is 19.7 Å². The van der Waals surface area contributed by atoms with Gasteiger partial charge >= 0.3 is 17.9 Å². The molecule has 0 radical (unpaired) electrons. The van der Waals surface area contributed by atoms with Crippen LogP contribution in [-0.2, 0) is 23.1 Å². The predicted molar refractivity (Wildman–Crippen MR) is 139 cm³/mol. The molecule has 2 amide bonds. The Morgan fingerprint density at radius 2 is 1.71 bits per heavy atom. The van der Waals surface area contributed by atoms with Gasteiger partial charge in [-0.2, -0.15) is 10.1 Å². The van der Waals surface area contributed by atoms with Crippen LogP contribution in [0.4, 0.5) is 27.0 Å². The monoisotopic (exact) mass is 535 g/mol. The molecular formula is C24H37N7O7. The average Bonchev–Trinajstić information content (AvgIpc) is 3.04. The summed E-state index contributed by atoms with van der Waals surface area (Å²) in [7, 11) is 1.60. The third-order valence-electron chi connectivity index (χ3n) is 4.84. The number of carbonyl (C=O) groups excluding carboxylic acids is 2. The minimum Gasteiger partial charge on any atom is -0.481 e. The highest BCUT2D eigenvalue weighted by Gasteiger charge is 2.35. The van der Waals surface area contributed by atoms with E-state index in [1.807, 2.05) is 6.92 Å². The summed E-state index contributed by atoms with van der Waals surface area (Å²) in [6, 6.07) is 0. The number of aryl methyl sites for hydroxylation is 1. The van der Waals surface area contributed by atoms with E-state index in [2.05, 4.69) is 20.4 Å². The van der Waals surface area contributed by atoms with Gasteiger partial charge in [0.15, 0.2) is 17.3 Å². The largest absolute Gasteiger partial charge is 0.481 e. The summed E-state index contributed by atoms with van der Waals surface area (Å²) in [5, 5.41) is 18.8. The second-order valence-electron chi connectivity index (χ2n) is 10.5. The maximum Gasteiger partial charge on any atom is 0.427 e. The van der Waals surface area contributed by atoms with Crippen molar-refractivity contribution in [3.8, 4) is 5.75 Å². The SMILES string of the molecule is CCCCNc1nc(N(C(=O)OC(C)(C)C)C(=O)OC(C)(C)C)ncc1OCc1nn(C)c(C)c1[N+](=O)[O-]. The fourth-order valence-corrected chi connectivity index (χ4v) is 3.08. The number of nitro groups is 1. The molecule has 0 fully saturated rings. The number of amides is 2. The number of carbonyl (C=O) groups is 2. The molecule has 2 heterocycles. The summed E-state index contributed by atoms with van der Waals surface area (Å²) in [5.41, 5.74) is -1.45. The molecular weight excluding hydrogens is 498 g/mol. The van der Waals surface area contributed by atoms with Crippen LogP contribution in [0.2, 0.25) is 0 Å². The molecule has 14 heteroatoms. The number of anilines is 2. The molecule has 0 aliphatic rings. The molecule has 2 aromatic rings. The molecule has 0 aliphatic heterocycles. The number of aromatic nitrogens is 4. The van der Waals surface area contributed by atoms with E-state index in [-0.39, 0.29) is 35.5 Å². The van der Waals surface area contributed by atoms with Crippen LogP contribution in [0.5, 0.6) is 5.75 Å². The molecule has 38 heavy (non-hydrogen) atoms. The summed E-state index contributed by atoms with van der Waals surface area (Å²) in [6.07, 6.45) is 0.924. The Morgan fingerprint density at radius 3 is 2.21 bits per heavy atom. The number of hydrogen-bond acceptors (Lipinski definition) is 11. The zero-order valence-electron chi connectivity index (χ0n) is 23.4. The molecule has 0 bridgehead atoms. The Kier molecular flexibility index (Phi) is 9.59. The zero-order chi connectivity index (χ0) is 28.8. The van der Waals surface area contributed by atoms with Gasteiger partial charge in [0.05, 0.1) is 11.1 Å². The van der Waals surface area contributed by atoms with Crippen LogP contribution < -0.4 is 15.0 Å². The summed E-state index contributed by atoms with van der Waals surface area (Å²) in [5.74, 6) is 0.0335. The molecule has 210 valence electrons. The van der Waals surface area contributed by atoms with E-state index >= 15 is 0 Å².